The molecule has 1 amide bonds. The molecule has 0 aromatic heterocycles. The molecule has 0 aliphatic heterocycles. The molecule has 1 unspecified atom stereocenters. The summed E-state index contributed by atoms with van der Waals surface area (Å²) >= 11 is 0. The number of amides is 1. The predicted molar refractivity (Wildman–Crippen MR) is 50.4 cm³/mol. The van der Waals surface area contributed by atoms with Gasteiger partial charge in [-0.2, -0.15) is 0 Å². The number of nitrogens with one attached hydrogen (secondary N) is 1. The van der Waals surface area contributed by atoms with Crippen LogP contribution in [0, 0.1) is 0 Å². The van der Waals surface area contributed by atoms with Gasteiger partial charge in [0.2, 0.25) is 5.91 Å². The maximum absolute atomic E-state index is 11.0. The molecule has 4 nitrogen and oxygen atoms in total. The van der Waals surface area contributed by atoms with Crippen LogP contribution in [0.4, 0.5) is 0 Å². The molecule has 0 saturated carbocycles. The fraction of sp³-hybridized carbons (Fsp3) is 0.889. The standard InChI is InChI=1S/C9H19NO3/c1-3-5-13-7-9(12)10-6-8(11)4-2/h8,11H,3-7H2,1-2H3,(H,10,12). The first-order chi connectivity index (χ1) is 6.20. The lowest BCUT2D eigenvalue weighted by molar-refractivity contribution is -0.126. The summed E-state index contributed by atoms with van der Waals surface area (Å²) in [5, 5.41) is 11.7. The molecule has 0 fully saturated rings. The summed E-state index contributed by atoms with van der Waals surface area (Å²) in [5.41, 5.74) is 0. The fourth-order valence-electron chi connectivity index (χ4n) is 0.736. The molecular formula is C9H19NO3. The fourth-order valence-corrected chi connectivity index (χ4v) is 0.736. The van der Waals surface area contributed by atoms with Crippen LogP contribution in [-0.2, 0) is 9.53 Å². The second-order valence-electron chi connectivity index (χ2n) is 2.92. The van der Waals surface area contributed by atoms with E-state index in [0.29, 0.717) is 19.6 Å². The molecule has 0 rings (SSSR count). The average molecular weight is 189 g/mol. The minimum Gasteiger partial charge on any atom is -0.391 e. The number of aliphatic hydroxyl groups is 1. The van der Waals surface area contributed by atoms with Gasteiger partial charge in [-0.15, -0.1) is 0 Å². The maximum Gasteiger partial charge on any atom is 0.246 e. The van der Waals surface area contributed by atoms with Crippen molar-refractivity contribution in [2.75, 3.05) is 19.8 Å². The Balaban J connectivity index is 3.30. The molecule has 13 heavy (non-hydrogen) atoms. The Labute approximate surface area is 79.3 Å². The molecule has 4 heteroatoms. The average Bonchev–Trinajstić information content (AvgIpc) is 2.14. The van der Waals surface area contributed by atoms with Gasteiger partial charge in [0.15, 0.2) is 0 Å². The highest BCUT2D eigenvalue weighted by atomic mass is 16.5. The zero-order valence-electron chi connectivity index (χ0n) is 8.38. The number of hydrogen-bond acceptors (Lipinski definition) is 3. The highest BCUT2D eigenvalue weighted by Crippen LogP contribution is 1.86. The van der Waals surface area contributed by atoms with Crippen molar-refractivity contribution >= 4 is 5.91 Å². The summed E-state index contributed by atoms with van der Waals surface area (Å²) in [4.78, 5) is 11.0. The van der Waals surface area contributed by atoms with Gasteiger partial charge in [-0.05, 0) is 12.8 Å². The molecule has 0 aromatic rings. The van der Waals surface area contributed by atoms with Crippen LogP contribution in [0.3, 0.4) is 0 Å². The second-order valence-corrected chi connectivity index (χ2v) is 2.92. The Morgan fingerprint density at radius 3 is 2.77 bits per heavy atom. The van der Waals surface area contributed by atoms with Gasteiger partial charge < -0.3 is 15.2 Å². The molecular weight excluding hydrogens is 170 g/mol. The van der Waals surface area contributed by atoms with Crippen molar-refractivity contribution in [3.8, 4) is 0 Å². The Bertz CT molecular complexity index is 139. The van der Waals surface area contributed by atoms with Crippen molar-refractivity contribution in [1.82, 2.24) is 5.32 Å². The van der Waals surface area contributed by atoms with Gasteiger partial charge in [0.25, 0.3) is 0 Å². The minimum absolute atomic E-state index is 0.0876. The minimum atomic E-state index is -0.449. The monoisotopic (exact) mass is 189 g/mol. The van der Waals surface area contributed by atoms with Gasteiger partial charge in [-0.1, -0.05) is 13.8 Å². The lowest BCUT2D eigenvalue weighted by Gasteiger charge is -2.09. The van der Waals surface area contributed by atoms with Gasteiger partial charge >= 0.3 is 0 Å². The van der Waals surface area contributed by atoms with Crippen LogP contribution in [0.5, 0.6) is 0 Å². The van der Waals surface area contributed by atoms with Crippen LogP contribution in [-0.4, -0.2) is 36.9 Å². The van der Waals surface area contributed by atoms with Crippen molar-refractivity contribution < 1.29 is 14.6 Å². The van der Waals surface area contributed by atoms with E-state index in [4.69, 9.17) is 9.84 Å². The summed E-state index contributed by atoms with van der Waals surface area (Å²) in [7, 11) is 0. The van der Waals surface area contributed by atoms with E-state index in [1.807, 2.05) is 13.8 Å². The number of ether oxygens (including phenoxy) is 1. The second kappa shape index (κ2) is 8.01. The lowest BCUT2D eigenvalue weighted by atomic mass is 10.3. The van der Waals surface area contributed by atoms with E-state index in [0.717, 1.165) is 6.42 Å². The van der Waals surface area contributed by atoms with Crippen LogP contribution in [0.2, 0.25) is 0 Å². The summed E-state index contributed by atoms with van der Waals surface area (Å²) in [5.74, 6) is -0.166. The van der Waals surface area contributed by atoms with E-state index in [9.17, 15) is 4.79 Å². The third kappa shape index (κ3) is 7.74. The van der Waals surface area contributed by atoms with Gasteiger partial charge in [-0.25, -0.2) is 0 Å². The molecule has 1 atom stereocenters. The highest BCUT2D eigenvalue weighted by Gasteiger charge is 2.04. The largest absolute Gasteiger partial charge is 0.391 e. The molecule has 78 valence electrons. The first-order valence-corrected chi connectivity index (χ1v) is 4.73. The van der Waals surface area contributed by atoms with E-state index >= 15 is 0 Å². The third-order valence-electron chi connectivity index (χ3n) is 1.59. The quantitative estimate of drug-likeness (QED) is 0.566. The van der Waals surface area contributed by atoms with E-state index in [-0.39, 0.29) is 12.5 Å². The van der Waals surface area contributed by atoms with E-state index in [1.54, 1.807) is 0 Å². The molecule has 0 bridgehead atoms. The van der Waals surface area contributed by atoms with Crippen molar-refractivity contribution in [2.45, 2.75) is 32.8 Å². The summed E-state index contributed by atoms with van der Waals surface area (Å²) in [6, 6.07) is 0. The lowest BCUT2D eigenvalue weighted by Crippen LogP contribution is -2.34. The molecule has 0 aliphatic rings. The first-order valence-electron chi connectivity index (χ1n) is 4.73. The van der Waals surface area contributed by atoms with Gasteiger partial charge in [0, 0.05) is 13.2 Å². The van der Waals surface area contributed by atoms with Gasteiger partial charge in [-0.3, -0.25) is 4.79 Å². The van der Waals surface area contributed by atoms with Crippen LogP contribution in [0.15, 0.2) is 0 Å². The molecule has 0 spiro atoms. The SMILES string of the molecule is CCCOCC(=O)NCC(O)CC. The number of aliphatic hydroxyl groups excluding tert-OH is 1. The molecule has 0 aliphatic carbocycles. The topological polar surface area (TPSA) is 58.6 Å². The van der Waals surface area contributed by atoms with Gasteiger partial charge in [0.05, 0.1) is 6.10 Å². The van der Waals surface area contributed by atoms with Crippen molar-refractivity contribution in [3.63, 3.8) is 0 Å². The zero-order valence-corrected chi connectivity index (χ0v) is 8.38. The van der Waals surface area contributed by atoms with Crippen LogP contribution in [0.1, 0.15) is 26.7 Å². The summed E-state index contributed by atoms with van der Waals surface area (Å²) in [6.45, 7) is 4.85. The van der Waals surface area contributed by atoms with Gasteiger partial charge in [0.1, 0.15) is 6.61 Å². The number of hydrogen-bond donors (Lipinski definition) is 2. The third-order valence-corrected chi connectivity index (χ3v) is 1.59. The summed E-state index contributed by atoms with van der Waals surface area (Å²) < 4.78 is 5.02. The first kappa shape index (κ1) is 12.4. The Morgan fingerprint density at radius 1 is 1.54 bits per heavy atom. The zero-order chi connectivity index (χ0) is 10.1. The van der Waals surface area contributed by atoms with Crippen molar-refractivity contribution in [3.05, 3.63) is 0 Å². The highest BCUT2D eigenvalue weighted by molar-refractivity contribution is 5.77. The number of carbonyl (C=O) groups is 1. The molecule has 0 heterocycles. The number of carbonyl (C=O) groups excluding carboxylic acids is 1. The van der Waals surface area contributed by atoms with E-state index in [1.165, 1.54) is 0 Å². The normalized spacial score (nSPS) is 12.5. The van der Waals surface area contributed by atoms with E-state index < -0.39 is 6.10 Å². The Morgan fingerprint density at radius 2 is 2.23 bits per heavy atom. The molecule has 0 aromatic carbocycles. The predicted octanol–water partition coefficient (Wildman–Crippen LogP) is 0.300. The van der Waals surface area contributed by atoms with E-state index in [2.05, 4.69) is 5.32 Å². The molecule has 0 saturated heterocycles. The summed E-state index contributed by atoms with van der Waals surface area (Å²) in [6.07, 6.45) is 1.11. The smallest absolute Gasteiger partial charge is 0.246 e. The van der Waals surface area contributed by atoms with Crippen LogP contribution < -0.4 is 5.32 Å². The Kier molecular flexibility index (Phi) is 7.63. The van der Waals surface area contributed by atoms with Crippen LogP contribution in [0.25, 0.3) is 0 Å². The Hall–Kier alpha value is -0.610. The number of rotatable bonds is 7. The molecule has 2 N–H and O–H groups in total. The van der Waals surface area contributed by atoms with Crippen LogP contribution >= 0.6 is 0 Å². The van der Waals surface area contributed by atoms with Crippen molar-refractivity contribution in [2.24, 2.45) is 0 Å². The molecule has 0 radical (unpaired) electrons. The van der Waals surface area contributed by atoms with Crippen molar-refractivity contribution in [1.29, 1.82) is 0 Å². The maximum atomic E-state index is 11.0.